The minimum atomic E-state index is -0.602. The van der Waals surface area contributed by atoms with Gasteiger partial charge in [-0.3, -0.25) is 0 Å². The van der Waals surface area contributed by atoms with Crippen LogP contribution in [0.1, 0.15) is 31.5 Å². The first-order chi connectivity index (χ1) is 16.4. The van der Waals surface area contributed by atoms with E-state index in [4.69, 9.17) is 16.7 Å². The quantitative estimate of drug-likeness (QED) is 0.333. The molecule has 5 nitrogen and oxygen atoms in total. The van der Waals surface area contributed by atoms with Crippen LogP contribution in [0.25, 0.3) is 31.5 Å². The van der Waals surface area contributed by atoms with Crippen molar-refractivity contribution in [3.63, 3.8) is 0 Å². The zero-order valence-electron chi connectivity index (χ0n) is 18.7. The van der Waals surface area contributed by atoms with Gasteiger partial charge in [0.2, 0.25) is 10.8 Å². The third-order valence-corrected chi connectivity index (χ3v) is 8.40. The SMILES string of the molecule is [C-]#[N+]C1=C[C@@]2(C)c3c(c(-c4ccccc4F)nn3-c3nc4ccccc4s3)CC[C@@H]2[C@@H](C)C1=O. The Morgan fingerprint density at radius 2 is 1.97 bits per heavy atom. The number of thiazole rings is 1. The van der Waals surface area contributed by atoms with Crippen LogP contribution in [-0.2, 0) is 16.6 Å². The summed E-state index contributed by atoms with van der Waals surface area (Å²) in [6.07, 6.45) is 3.27. The van der Waals surface area contributed by atoms with Crippen LogP contribution in [0.15, 0.2) is 60.3 Å². The Balaban J connectivity index is 1.68. The highest BCUT2D eigenvalue weighted by Crippen LogP contribution is 2.52. The average Bonchev–Trinajstić information content (AvgIpc) is 3.44. The molecule has 34 heavy (non-hydrogen) atoms. The van der Waals surface area contributed by atoms with Gasteiger partial charge in [-0.25, -0.2) is 18.9 Å². The number of rotatable bonds is 2. The first-order valence-electron chi connectivity index (χ1n) is 11.3. The fraction of sp³-hybridized carbons (Fsp3) is 0.259. The predicted octanol–water partition coefficient (Wildman–Crippen LogP) is 6.13. The van der Waals surface area contributed by atoms with Crippen molar-refractivity contribution in [1.82, 2.24) is 14.8 Å². The second-order valence-electron chi connectivity index (χ2n) is 9.25. The van der Waals surface area contributed by atoms with Gasteiger partial charge in [0, 0.05) is 22.5 Å². The van der Waals surface area contributed by atoms with Gasteiger partial charge < -0.3 is 4.79 Å². The summed E-state index contributed by atoms with van der Waals surface area (Å²) in [7, 11) is 0. The molecule has 7 heteroatoms. The number of aromatic nitrogens is 3. The van der Waals surface area contributed by atoms with Crippen LogP contribution < -0.4 is 0 Å². The summed E-state index contributed by atoms with van der Waals surface area (Å²) in [4.78, 5) is 21.2. The number of halogens is 1. The van der Waals surface area contributed by atoms with Crippen molar-refractivity contribution in [2.24, 2.45) is 11.8 Å². The maximum absolute atomic E-state index is 14.9. The number of para-hydroxylation sites is 1. The van der Waals surface area contributed by atoms with E-state index < -0.39 is 5.41 Å². The molecule has 6 rings (SSSR count). The summed E-state index contributed by atoms with van der Waals surface area (Å²) in [6, 6.07) is 14.6. The van der Waals surface area contributed by atoms with E-state index in [0.29, 0.717) is 22.8 Å². The topological polar surface area (TPSA) is 52.1 Å². The summed E-state index contributed by atoms with van der Waals surface area (Å²) >= 11 is 1.53. The van der Waals surface area contributed by atoms with Crippen molar-refractivity contribution in [2.75, 3.05) is 0 Å². The molecule has 2 aliphatic rings. The van der Waals surface area contributed by atoms with E-state index in [2.05, 4.69) is 11.8 Å². The van der Waals surface area contributed by atoms with Crippen LogP contribution in [0.5, 0.6) is 0 Å². The molecule has 3 atom stereocenters. The van der Waals surface area contributed by atoms with E-state index >= 15 is 0 Å². The summed E-state index contributed by atoms with van der Waals surface area (Å²) in [5.74, 6) is -0.670. The summed E-state index contributed by atoms with van der Waals surface area (Å²) in [5.41, 5.74) is 3.37. The lowest BCUT2D eigenvalue weighted by Crippen LogP contribution is -2.46. The van der Waals surface area contributed by atoms with Crippen molar-refractivity contribution in [2.45, 2.75) is 32.1 Å². The highest BCUT2D eigenvalue weighted by Gasteiger charge is 2.51. The van der Waals surface area contributed by atoms with E-state index in [9.17, 15) is 9.18 Å². The number of ketones is 1. The van der Waals surface area contributed by atoms with Crippen molar-refractivity contribution >= 4 is 27.3 Å². The molecule has 0 amide bonds. The van der Waals surface area contributed by atoms with Crippen molar-refractivity contribution < 1.29 is 9.18 Å². The molecule has 0 aliphatic heterocycles. The standard InChI is InChI=1S/C27H21FN4OS/c1-15-18-13-12-17-23(16-8-4-5-9-19(16)28)31-32(26-30-20-10-6-7-11-22(20)34-26)25(17)27(18,2)14-21(29-3)24(15)33/h4-11,14-15,18H,12-13H2,1-2H3/t15-,18-,27-/m1/s1. The normalized spacial score (nSPS) is 23.8. The third kappa shape index (κ3) is 2.85. The van der Waals surface area contributed by atoms with Gasteiger partial charge in [0.25, 0.3) is 0 Å². The van der Waals surface area contributed by atoms with Crippen LogP contribution >= 0.6 is 11.3 Å². The Morgan fingerprint density at radius 3 is 2.74 bits per heavy atom. The highest BCUT2D eigenvalue weighted by atomic mass is 32.1. The van der Waals surface area contributed by atoms with Gasteiger partial charge in [0.05, 0.1) is 28.2 Å². The predicted molar refractivity (Wildman–Crippen MR) is 130 cm³/mol. The minimum Gasteiger partial charge on any atom is -0.308 e. The molecule has 4 aromatic rings. The molecule has 0 bridgehead atoms. The number of carbonyl (C=O) groups excluding carboxylic acids is 1. The molecular weight excluding hydrogens is 447 g/mol. The van der Waals surface area contributed by atoms with E-state index in [0.717, 1.165) is 27.9 Å². The molecule has 0 spiro atoms. The number of benzene rings is 2. The van der Waals surface area contributed by atoms with Gasteiger partial charge in [-0.15, -0.1) is 0 Å². The third-order valence-electron chi connectivity index (χ3n) is 7.39. The Bertz CT molecular complexity index is 1530. The van der Waals surface area contributed by atoms with Gasteiger partial charge in [0.15, 0.2) is 5.78 Å². The Morgan fingerprint density at radius 1 is 1.21 bits per heavy atom. The van der Waals surface area contributed by atoms with E-state index in [1.165, 1.54) is 17.4 Å². The van der Waals surface area contributed by atoms with Crippen LogP contribution in [0, 0.1) is 24.2 Å². The molecule has 0 saturated carbocycles. The molecule has 168 valence electrons. The molecule has 2 aromatic carbocycles. The largest absolute Gasteiger partial charge is 0.308 e. The van der Waals surface area contributed by atoms with Crippen LogP contribution in [0.3, 0.4) is 0 Å². The second-order valence-corrected chi connectivity index (χ2v) is 10.3. The zero-order valence-corrected chi connectivity index (χ0v) is 19.6. The molecule has 2 aliphatic carbocycles. The lowest BCUT2D eigenvalue weighted by molar-refractivity contribution is -0.121. The summed E-state index contributed by atoms with van der Waals surface area (Å²) < 4.78 is 17.8. The Kier molecular flexibility index (Phi) is 4.58. The van der Waals surface area contributed by atoms with Crippen LogP contribution in [0.4, 0.5) is 4.39 Å². The maximum Gasteiger partial charge on any atom is 0.226 e. The average molecular weight is 469 g/mol. The Hall–Kier alpha value is -3.63. The van der Waals surface area contributed by atoms with Gasteiger partial charge in [0.1, 0.15) is 5.82 Å². The lowest BCUT2D eigenvalue weighted by atomic mass is 9.58. The molecule has 2 heterocycles. The number of carbonyl (C=O) groups is 1. The zero-order chi connectivity index (χ0) is 23.6. The van der Waals surface area contributed by atoms with E-state index in [1.807, 2.05) is 48.0 Å². The maximum atomic E-state index is 14.9. The number of hydrogen-bond donors (Lipinski definition) is 0. The van der Waals surface area contributed by atoms with Gasteiger partial charge in [-0.05, 0) is 43.0 Å². The number of allylic oxidation sites excluding steroid dienone is 2. The van der Waals surface area contributed by atoms with Crippen molar-refractivity contribution in [3.05, 3.63) is 88.8 Å². The number of nitrogens with zero attached hydrogens (tertiary/aromatic N) is 4. The fourth-order valence-electron chi connectivity index (χ4n) is 5.78. The minimum absolute atomic E-state index is 0.0244. The van der Waals surface area contributed by atoms with Gasteiger partial charge in [-0.2, -0.15) is 5.10 Å². The second kappa shape index (κ2) is 7.44. The number of hydrogen-bond acceptors (Lipinski definition) is 4. The molecule has 0 saturated heterocycles. The molecule has 0 radical (unpaired) electrons. The lowest BCUT2D eigenvalue weighted by Gasteiger charge is -2.45. The Labute approximate surface area is 200 Å². The van der Waals surface area contributed by atoms with Gasteiger partial charge >= 0.3 is 0 Å². The van der Waals surface area contributed by atoms with Gasteiger partial charge in [-0.1, -0.05) is 55.5 Å². The fourth-order valence-corrected chi connectivity index (χ4v) is 6.70. The van der Waals surface area contributed by atoms with E-state index in [-0.39, 0.29) is 29.1 Å². The first kappa shape index (κ1) is 20.9. The molecule has 0 fully saturated rings. The van der Waals surface area contributed by atoms with E-state index in [1.54, 1.807) is 12.1 Å². The van der Waals surface area contributed by atoms with Crippen molar-refractivity contribution in [1.29, 1.82) is 0 Å². The number of Topliss-reactive ketones (excluding diaryl/α,β-unsaturated/α-hetero) is 1. The molecule has 2 aromatic heterocycles. The monoisotopic (exact) mass is 468 g/mol. The highest BCUT2D eigenvalue weighted by molar-refractivity contribution is 7.20. The smallest absolute Gasteiger partial charge is 0.226 e. The molecular formula is C27H21FN4OS. The molecule has 0 unspecified atom stereocenters. The van der Waals surface area contributed by atoms with Crippen LogP contribution in [0.2, 0.25) is 0 Å². The number of fused-ring (bicyclic) bond motifs is 4. The molecule has 0 N–H and O–H groups in total. The van der Waals surface area contributed by atoms with Crippen LogP contribution in [-0.4, -0.2) is 20.5 Å². The first-order valence-corrected chi connectivity index (χ1v) is 12.1. The summed E-state index contributed by atoms with van der Waals surface area (Å²) in [5, 5.41) is 5.65. The van der Waals surface area contributed by atoms with Crippen molar-refractivity contribution in [3.8, 4) is 16.4 Å². The summed E-state index contributed by atoms with van der Waals surface area (Å²) in [6.45, 7) is 11.6.